The molecule has 1 aliphatic heterocycles. The molecule has 0 aromatic heterocycles. The molecule has 3 nitrogen and oxygen atoms in total. The van der Waals surface area contributed by atoms with Crippen molar-refractivity contribution in [3.8, 4) is 0 Å². The van der Waals surface area contributed by atoms with Crippen LogP contribution in [-0.2, 0) is 6.54 Å². The Labute approximate surface area is 133 Å². The largest absolute Gasteiger partial charge is 0.369 e. The van der Waals surface area contributed by atoms with Gasteiger partial charge in [-0.25, -0.2) is 0 Å². The van der Waals surface area contributed by atoms with Gasteiger partial charge in [0.15, 0.2) is 0 Å². The van der Waals surface area contributed by atoms with Gasteiger partial charge in [-0.05, 0) is 30.5 Å². The standard InChI is InChI=1S/C17H26ClN3/c1-13(2)19-12-14-3-4-16(11-17(14)18)21-9-7-20(8-10-21)15-5-6-15/h3-4,11,13,15,19H,5-10,12H2,1-2H3. The normalized spacial score (nSPS) is 20.3. The van der Waals surface area contributed by atoms with E-state index in [1.807, 2.05) is 0 Å². The first kappa shape index (κ1) is 15.1. The van der Waals surface area contributed by atoms with Gasteiger partial charge in [-0.3, -0.25) is 4.90 Å². The van der Waals surface area contributed by atoms with E-state index in [2.05, 4.69) is 47.2 Å². The highest BCUT2D eigenvalue weighted by atomic mass is 35.5. The van der Waals surface area contributed by atoms with Crippen LogP contribution < -0.4 is 10.2 Å². The lowest BCUT2D eigenvalue weighted by Crippen LogP contribution is -2.47. The molecule has 1 aromatic rings. The molecule has 1 saturated heterocycles. The molecule has 2 aliphatic rings. The molecule has 0 amide bonds. The van der Waals surface area contributed by atoms with Gasteiger partial charge in [-0.1, -0.05) is 31.5 Å². The van der Waals surface area contributed by atoms with Crippen molar-refractivity contribution in [2.75, 3.05) is 31.1 Å². The van der Waals surface area contributed by atoms with Crippen LogP contribution in [0, 0.1) is 0 Å². The summed E-state index contributed by atoms with van der Waals surface area (Å²) in [4.78, 5) is 5.10. The quantitative estimate of drug-likeness (QED) is 0.901. The van der Waals surface area contributed by atoms with E-state index >= 15 is 0 Å². The zero-order valence-electron chi connectivity index (χ0n) is 13.1. The monoisotopic (exact) mass is 307 g/mol. The minimum absolute atomic E-state index is 0.483. The first-order valence-corrected chi connectivity index (χ1v) is 8.52. The second kappa shape index (κ2) is 6.55. The molecule has 3 rings (SSSR count). The van der Waals surface area contributed by atoms with Crippen LogP contribution in [0.3, 0.4) is 0 Å². The number of nitrogens with zero attached hydrogens (tertiary/aromatic N) is 2. The van der Waals surface area contributed by atoms with E-state index in [-0.39, 0.29) is 0 Å². The second-order valence-corrected chi connectivity index (χ2v) is 6.97. The lowest BCUT2D eigenvalue weighted by atomic mass is 10.1. The summed E-state index contributed by atoms with van der Waals surface area (Å²) in [6.45, 7) is 9.78. The molecule has 2 fully saturated rings. The summed E-state index contributed by atoms with van der Waals surface area (Å²) in [5.41, 5.74) is 2.45. The van der Waals surface area contributed by atoms with Gasteiger partial charge in [0, 0.05) is 55.5 Å². The Balaban J connectivity index is 1.59. The summed E-state index contributed by atoms with van der Waals surface area (Å²) in [7, 11) is 0. The topological polar surface area (TPSA) is 18.5 Å². The Morgan fingerprint density at radius 1 is 1.19 bits per heavy atom. The first-order chi connectivity index (χ1) is 10.1. The maximum Gasteiger partial charge on any atom is 0.0471 e. The number of halogens is 1. The summed E-state index contributed by atoms with van der Waals surface area (Å²) in [5.74, 6) is 0. The van der Waals surface area contributed by atoms with Crippen LogP contribution in [0.15, 0.2) is 18.2 Å². The molecule has 1 N–H and O–H groups in total. The van der Waals surface area contributed by atoms with Gasteiger partial charge in [0.1, 0.15) is 0 Å². The van der Waals surface area contributed by atoms with Crippen molar-refractivity contribution < 1.29 is 0 Å². The average molecular weight is 308 g/mol. The third-order valence-electron chi connectivity index (χ3n) is 4.48. The molecule has 0 bridgehead atoms. The minimum atomic E-state index is 0.483. The Morgan fingerprint density at radius 3 is 2.48 bits per heavy atom. The third kappa shape index (κ3) is 3.91. The van der Waals surface area contributed by atoms with Gasteiger partial charge in [0.2, 0.25) is 0 Å². The molecule has 0 atom stereocenters. The Morgan fingerprint density at radius 2 is 1.90 bits per heavy atom. The summed E-state index contributed by atoms with van der Waals surface area (Å²) in [6.07, 6.45) is 2.81. The number of anilines is 1. The van der Waals surface area contributed by atoms with Crippen LogP contribution in [0.5, 0.6) is 0 Å². The fourth-order valence-corrected chi connectivity index (χ4v) is 3.22. The van der Waals surface area contributed by atoms with Gasteiger partial charge in [0.25, 0.3) is 0 Å². The summed E-state index contributed by atoms with van der Waals surface area (Å²) < 4.78 is 0. The van der Waals surface area contributed by atoms with Crippen molar-refractivity contribution in [1.29, 1.82) is 0 Å². The molecule has 1 aromatic carbocycles. The molecule has 4 heteroatoms. The highest BCUT2D eigenvalue weighted by Gasteiger charge is 2.31. The minimum Gasteiger partial charge on any atom is -0.369 e. The highest BCUT2D eigenvalue weighted by Crippen LogP contribution is 2.29. The van der Waals surface area contributed by atoms with E-state index in [0.29, 0.717) is 6.04 Å². The Hall–Kier alpha value is -0.770. The van der Waals surface area contributed by atoms with Gasteiger partial charge in [-0.15, -0.1) is 0 Å². The van der Waals surface area contributed by atoms with Crippen LogP contribution >= 0.6 is 11.6 Å². The number of hydrogen-bond donors (Lipinski definition) is 1. The molecule has 116 valence electrons. The maximum absolute atomic E-state index is 6.44. The molecule has 0 radical (unpaired) electrons. The lowest BCUT2D eigenvalue weighted by Gasteiger charge is -2.36. The number of rotatable bonds is 5. The van der Waals surface area contributed by atoms with Crippen molar-refractivity contribution in [2.45, 2.75) is 45.3 Å². The fourth-order valence-electron chi connectivity index (χ4n) is 2.98. The molecule has 21 heavy (non-hydrogen) atoms. The zero-order chi connectivity index (χ0) is 14.8. The van der Waals surface area contributed by atoms with Crippen LogP contribution in [0.4, 0.5) is 5.69 Å². The van der Waals surface area contributed by atoms with E-state index in [1.165, 1.54) is 37.2 Å². The molecular formula is C17H26ClN3. The van der Waals surface area contributed by atoms with E-state index < -0.39 is 0 Å². The Bertz CT molecular complexity index is 477. The molecule has 0 spiro atoms. The van der Waals surface area contributed by atoms with Gasteiger partial charge >= 0.3 is 0 Å². The van der Waals surface area contributed by atoms with Gasteiger partial charge in [-0.2, -0.15) is 0 Å². The van der Waals surface area contributed by atoms with Gasteiger partial charge < -0.3 is 10.2 Å². The van der Waals surface area contributed by atoms with E-state index in [0.717, 1.165) is 30.7 Å². The average Bonchev–Trinajstić information content (AvgIpc) is 3.30. The maximum atomic E-state index is 6.44. The van der Waals surface area contributed by atoms with Crippen molar-refractivity contribution in [3.63, 3.8) is 0 Å². The van der Waals surface area contributed by atoms with E-state index in [4.69, 9.17) is 11.6 Å². The number of nitrogens with one attached hydrogen (secondary N) is 1. The highest BCUT2D eigenvalue weighted by molar-refractivity contribution is 6.31. The third-order valence-corrected chi connectivity index (χ3v) is 4.83. The Kier molecular flexibility index (Phi) is 4.72. The fraction of sp³-hybridized carbons (Fsp3) is 0.647. The SMILES string of the molecule is CC(C)NCc1ccc(N2CCN(C3CC3)CC2)cc1Cl. The van der Waals surface area contributed by atoms with Crippen molar-refractivity contribution in [3.05, 3.63) is 28.8 Å². The van der Waals surface area contributed by atoms with Crippen molar-refractivity contribution in [2.24, 2.45) is 0 Å². The smallest absolute Gasteiger partial charge is 0.0471 e. The molecule has 0 unspecified atom stereocenters. The predicted molar refractivity (Wildman–Crippen MR) is 90.2 cm³/mol. The summed E-state index contributed by atoms with van der Waals surface area (Å²) in [5, 5.41) is 4.30. The first-order valence-electron chi connectivity index (χ1n) is 8.14. The summed E-state index contributed by atoms with van der Waals surface area (Å²) >= 11 is 6.44. The summed E-state index contributed by atoms with van der Waals surface area (Å²) in [6, 6.07) is 7.89. The van der Waals surface area contributed by atoms with Crippen LogP contribution in [0.2, 0.25) is 5.02 Å². The van der Waals surface area contributed by atoms with Crippen LogP contribution in [0.1, 0.15) is 32.3 Å². The van der Waals surface area contributed by atoms with Crippen LogP contribution in [-0.4, -0.2) is 43.2 Å². The molecule has 1 heterocycles. The van der Waals surface area contributed by atoms with Crippen molar-refractivity contribution in [1.82, 2.24) is 10.2 Å². The van der Waals surface area contributed by atoms with E-state index in [1.54, 1.807) is 0 Å². The zero-order valence-corrected chi connectivity index (χ0v) is 13.9. The second-order valence-electron chi connectivity index (χ2n) is 6.57. The molecular weight excluding hydrogens is 282 g/mol. The number of piperazine rings is 1. The number of benzene rings is 1. The van der Waals surface area contributed by atoms with Crippen molar-refractivity contribution >= 4 is 17.3 Å². The molecule has 1 saturated carbocycles. The predicted octanol–water partition coefficient (Wildman–Crippen LogP) is 3.12. The van der Waals surface area contributed by atoms with E-state index in [9.17, 15) is 0 Å². The van der Waals surface area contributed by atoms with Gasteiger partial charge in [0.05, 0.1) is 0 Å². The lowest BCUT2D eigenvalue weighted by molar-refractivity contribution is 0.248. The molecule has 1 aliphatic carbocycles. The number of hydrogen-bond acceptors (Lipinski definition) is 3. The van der Waals surface area contributed by atoms with Crippen LogP contribution in [0.25, 0.3) is 0 Å².